The van der Waals surface area contributed by atoms with Gasteiger partial charge in [0, 0.05) is 12.0 Å². The lowest BCUT2D eigenvalue weighted by molar-refractivity contribution is 0.111. The molecule has 0 aliphatic rings. The quantitative estimate of drug-likeness (QED) is 0.500. The van der Waals surface area contributed by atoms with E-state index in [0.717, 1.165) is 22.4 Å². The molecule has 4 aromatic rings. The summed E-state index contributed by atoms with van der Waals surface area (Å²) in [5, 5.41) is 5.31. The van der Waals surface area contributed by atoms with Crippen molar-refractivity contribution in [2.45, 2.75) is 6.42 Å². The van der Waals surface area contributed by atoms with Gasteiger partial charge in [-0.25, -0.2) is 9.37 Å². The van der Waals surface area contributed by atoms with Gasteiger partial charge in [-0.15, -0.1) is 0 Å². The monoisotopic (exact) mass is 367 g/mol. The molecule has 0 saturated carbocycles. The van der Waals surface area contributed by atoms with Gasteiger partial charge in [0.15, 0.2) is 6.29 Å². The number of methoxy groups -OCH3 is 1. The summed E-state index contributed by atoms with van der Waals surface area (Å²) < 4.78 is 19.8. The summed E-state index contributed by atoms with van der Waals surface area (Å²) in [6, 6.07) is 13.7. The normalized spacial score (nSPS) is 11.0. The molecule has 0 amide bonds. The van der Waals surface area contributed by atoms with E-state index in [-0.39, 0.29) is 5.82 Å². The summed E-state index contributed by atoms with van der Waals surface area (Å²) >= 11 is 1.41. The molecule has 4 rings (SSSR count). The molecule has 0 spiro atoms. The Morgan fingerprint density at radius 2 is 2.04 bits per heavy atom. The highest BCUT2D eigenvalue weighted by molar-refractivity contribution is 7.16. The van der Waals surface area contributed by atoms with E-state index in [1.807, 2.05) is 24.3 Å². The highest BCUT2D eigenvalue weighted by Crippen LogP contribution is 2.29. The molecule has 0 unspecified atom stereocenters. The van der Waals surface area contributed by atoms with E-state index in [4.69, 9.17) is 4.74 Å². The van der Waals surface area contributed by atoms with Gasteiger partial charge in [0.1, 0.15) is 28.0 Å². The molecule has 0 fully saturated rings. The number of halogens is 1. The van der Waals surface area contributed by atoms with Gasteiger partial charge in [-0.2, -0.15) is 9.61 Å². The maximum Gasteiger partial charge on any atom is 0.213 e. The van der Waals surface area contributed by atoms with Gasteiger partial charge in [-0.1, -0.05) is 35.6 Å². The Kier molecular flexibility index (Phi) is 4.22. The zero-order chi connectivity index (χ0) is 18.1. The average Bonchev–Trinajstić information content (AvgIpc) is 3.20. The van der Waals surface area contributed by atoms with Crippen LogP contribution < -0.4 is 4.74 Å². The van der Waals surface area contributed by atoms with Crippen LogP contribution in [0.1, 0.15) is 21.1 Å². The van der Waals surface area contributed by atoms with Crippen molar-refractivity contribution in [3.05, 3.63) is 70.6 Å². The second-order valence-electron chi connectivity index (χ2n) is 5.69. The lowest BCUT2D eigenvalue weighted by Gasteiger charge is -2.02. The second-order valence-corrected chi connectivity index (χ2v) is 6.73. The third-order valence-corrected chi connectivity index (χ3v) is 4.91. The molecule has 26 heavy (non-hydrogen) atoms. The number of aromatic nitrogens is 3. The number of fused-ring (bicyclic) bond motifs is 1. The predicted molar refractivity (Wildman–Crippen MR) is 97.4 cm³/mol. The fourth-order valence-corrected chi connectivity index (χ4v) is 3.68. The zero-order valence-electron chi connectivity index (χ0n) is 13.8. The summed E-state index contributed by atoms with van der Waals surface area (Å²) in [6.07, 6.45) is 1.32. The molecule has 0 aliphatic carbocycles. The van der Waals surface area contributed by atoms with E-state index in [1.54, 1.807) is 23.8 Å². The van der Waals surface area contributed by atoms with Crippen LogP contribution in [0.3, 0.4) is 0 Å². The lowest BCUT2D eigenvalue weighted by Crippen LogP contribution is -1.96. The number of carbonyl (C=O) groups excluding carboxylic acids is 1. The Hall–Kier alpha value is -3.06. The third kappa shape index (κ3) is 2.97. The molecule has 2 heterocycles. The first-order valence-electron chi connectivity index (χ1n) is 7.90. The van der Waals surface area contributed by atoms with E-state index in [0.29, 0.717) is 28.5 Å². The van der Waals surface area contributed by atoms with Crippen molar-refractivity contribution in [3.63, 3.8) is 0 Å². The number of hydrogen-bond donors (Lipinski definition) is 0. The van der Waals surface area contributed by atoms with Crippen LogP contribution in [-0.2, 0) is 6.42 Å². The van der Waals surface area contributed by atoms with Crippen LogP contribution in [0.4, 0.5) is 4.39 Å². The molecular weight excluding hydrogens is 353 g/mol. The van der Waals surface area contributed by atoms with Crippen molar-refractivity contribution in [3.8, 4) is 17.0 Å². The molecule has 0 saturated heterocycles. The maximum absolute atomic E-state index is 13.0. The minimum absolute atomic E-state index is 0.270. The van der Waals surface area contributed by atoms with Gasteiger partial charge < -0.3 is 4.74 Å². The Morgan fingerprint density at radius 3 is 2.77 bits per heavy atom. The van der Waals surface area contributed by atoms with Crippen molar-refractivity contribution in [1.82, 2.24) is 14.6 Å². The summed E-state index contributed by atoms with van der Waals surface area (Å²) in [5.74, 6) is 0.425. The van der Waals surface area contributed by atoms with Gasteiger partial charge >= 0.3 is 0 Å². The number of carbonyl (C=O) groups is 1. The average molecular weight is 367 g/mol. The van der Waals surface area contributed by atoms with E-state index in [2.05, 4.69) is 10.1 Å². The number of imidazole rings is 1. The topological polar surface area (TPSA) is 56.5 Å². The number of benzene rings is 2. The van der Waals surface area contributed by atoms with Crippen LogP contribution in [0.15, 0.2) is 48.5 Å². The molecular formula is C19H14FN3O2S. The largest absolute Gasteiger partial charge is 0.497 e. The van der Waals surface area contributed by atoms with Crippen molar-refractivity contribution >= 4 is 22.6 Å². The molecule has 0 aliphatic heterocycles. The van der Waals surface area contributed by atoms with E-state index < -0.39 is 0 Å². The molecule has 130 valence electrons. The Labute approximate surface area is 152 Å². The zero-order valence-corrected chi connectivity index (χ0v) is 14.7. The number of aldehydes is 1. The lowest BCUT2D eigenvalue weighted by atomic mass is 10.1. The Balaban J connectivity index is 1.72. The van der Waals surface area contributed by atoms with Crippen molar-refractivity contribution in [2.24, 2.45) is 0 Å². The van der Waals surface area contributed by atoms with Gasteiger partial charge in [0.05, 0.1) is 7.11 Å². The van der Waals surface area contributed by atoms with Gasteiger partial charge in [0.25, 0.3) is 0 Å². The van der Waals surface area contributed by atoms with E-state index in [1.165, 1.54) is 23.5 Å². The highest BCUT2D eigenvalue weighted by atomic mass is 32.1. The van der Waals surface area contributed by atoms with Crippen LogP contribution >= 0.6 is 11.3 Å². The first-order chi connectivity index (χ1) is 12.7. The number of ether oxygens (including phenoxy) is 1. The summed E-state index contributed by atoms with van der Waals surface area (Å²) in [7, 11) is 1.59. The van der Waals surface area contributed by atoms with E-state index in [9.17, 15) is 9.18 Å². The Morgan fingerprint density at radius 1 is 1.23 bits per heavy atom. The molecule has 2 aromatic heterocycles. The van der Waals surface area contributed by atoms with Gasteiger partial charge in [-0.3, -0.25) is 4.79 Å². The summed E-state index contributed by atoms with van der Waals surface area (Å²) in [4.78, 5) is 16.9. The molecule has 2 aromatic carbocycles. The maximum atomic E-state index is 13.0. The smallest absolute Gasteiger partial charge is 0.213 e. The predicted octanol–water partition coefficient (Wildman–Crippen LogP) is 4.01. The van der Waals surface area contributed by atoms with Crippen LogP contribution in [0.2, 0.25) is 0 Å². The van der Waals surface area contributed by atoms with Crippen LogP contribution in [0.25, 0.3) is 16.2 Å². The van der Waals surface area contributed by atoms with E-state index >= 15 is 0 Å². The van der Waals surface area contributed by atoms with Gasteiger partial charge in [-0.05, 0) is 29.8 Å². The van der Waals surface area contributed by atoms with Crippen LogP contribution in [0, 0.1) is 5.82 Å². The number of hydrogen-bond acceptors (Lipinski definition) is 5. The minimum Gasteiger partial charge on any atom is -0.497 e. The number of nitrogens with zero attached hydrogens (tertiary/aromatic N) is 3. The fraction of sp³-hybridized carbons (Fsp3) is 0.105. The summed E-state index contributed by atoms with van der Waals surface area (Å²) in [6.45, 7) is 0. The SMILES string of the molecule is COc1cccc(-c2nc3sc(Cc4ccc(F)cc4)nn3c2C=O)c1. The molecule has 7 heteroatoms. The first kappa shape index (κ1) is 16.4. The molecule has 0 bridgehead atoms. The molecule has 0 N–H and O–H groups in total. The van der Waals surface area contributed by atoms with Crippen molar-refractivity contribution < 1.29 is 13.9 Å². The highest BCUT2D eigenvalue weighted by Gasteiger charge is 2.18. The minimum atomic E-state index is -0.270. The molecule has 5 nitrogen and oxygen atoms in total. The number of rotatable bonds is 5. The third-order valence-electron chi connectivity index (χ3n) is 4.00. The van der Waals surface area contributed by atoms with Crippen LogP contribution in [-0.4, -0.2) is 28.0 Å². The van der Waals surface area contributed by atoms with Gasteiger partial charge in [0.2, 0.25) is 4.96 Å². The first-order valence-corrected chi connectivity index (χ1v) is 8.72. The second kappa shape index (κ2) is 6.68. The standard InChI is InChI=1S/C19H14FN3O2S/c1-25-15-4-2-3-13(10-15)18-16(11-24)23-19(21-18)26-17(22-23)9-12-5-7-14(20)8-6-12/h2-8,10-11H,9H2,1H3. The Bertz CT molecular complexity index is 1090. The fourth-order valence-electron chi connectivity index (χ4n) is 2.74. The molecule has 0 atom stereocenters. The summed E-state index contributed by atoms with van der Waals surface area (Å²) in [5.41, 5.74) is 2.72. The van der Waals surface area contributed by atoms with Crippen molar-refractivity contribution in [2.75, 3.05) is 7.11 Å². The van der Waals surface area contributed by atoms with Crippen molar-refractivity contribution in [1.29, 1.82) is 0 Å². The molecule has 0 radical (unpaired) electrons. The van der Waals surface area contributed by atoms with Crippen LogP contribution in [0.5, 0.6) is 5.75 Å².